The van der Waals surface area contributed by atoms with Crippen LogP contribution in [-0.2, 0) is 0 Å². The van der Waals surface area contributed by atoms with Crippen LogP contribution >= 0.6 is 27.5 Å². The highest BCUT2D eigenvalue weighted by molar-refractivity contribution is 9.10. The SMILES string of the molecule is O=C(Cl)c1ccc(-c2ccc(Br)cc2F)o1. The topological polar surface area (TPSA) is 30.2 Å². The second kappa shape index (κ2) is 4.39. The summed E-state index contributed by atoms with van der Waals surface area (Å²) in [6.07, 6.45) is 0. The fraction of sp³-hybridized carbons (Fsp3) is 0. The van der Waals surface area contributed by atoms with Gasteiger partial charge in [-0.05, 0) is 41.9 Å². The number of carbonyl (C=O) groups is 1. The molecule has 82 valence electrons. The summed E-state index contributed by atoms with van der Waals surface area (Å²) < 4.78 is 19.3. The van der Waals surface area contributed by atoms with Crippen LogP contribution in [0.5, 0.6) is 0 Å². The zero-order valence-electron chi connectivity index (χ0n) is 7.84. The summed E-state index contributed by atoms with van der Waals surface area (Å²) in [4.78, 5) is 10.8. The van der Waals surface area contributed by atoms with Crippen LogP contribution in [0.2, 0.25) is 0 Å². The Morgan fingerprint density at radius 1 is 1.31 bits per heavy atom. The number of benzene rings is 1. The van der Waals surface area contributed by atoms with E-state index in [0.717, 1.165) is 0 Å². The van der Waals surface area contributed by atoms with Gasteiger partial charge in [0, 0.05) is 4.47 Å². The van der Waals surface area contributed by atoms with Gasteiger partial charge in [-0.2, -0.15) is 0 Å². The maximum atomic E-state index is 13.5. The number of rotatable bonds is 2. The van der Waals surface area contributed by atoms with E-state index in [1.165, 1.54) is 18.2 Å². The summed E-state index contributed by atoms with van der Waals surface area (Å²) in [5.74, 6) is -0.162. The van der Waals surface area contributed by atoms with Crippen molar-refractivity contribution in [2.75, 3.05) is 0 Å². The van der Waals surface area contributed by atoms with Gasteiger partial charge in [-0.25, -0.2) is 4.39 Å². The highest BCUT2D eigenvalue weighted by Gasteiger charge is 2.12. The van der Waals surface area contributed by atoms with Crippen LogP contribution in [-0.4, -0.2) is 5.24 Å². The molecule has 0 aliphatic heterocycles. The minimum absolute atomic E-state index is 0.000939. The number of hydrogen-bond acceptors (Lipinski definition) is 2. The van der Waals surface area contributed by atoms with Gasteiger partial charge in [0.25, 0.3) is 5.24 Å². The summed E-state index contributed by atoms with van der Waals surface area (Å²) >= 11 is 8.39. The van der Waals surface area contributed by atoms with Gasteiger partial charge in [-0.1, -0.05) is 15.9 Å². The summed E-state index contributed by atoms with van der Waals surface area (Å²) in [6.45, 7) is 0. The summed E-state index contributed by atoms with van der Waals surface area (Å²) in [5, 5.41) is -0.705. The lowest BCUT2D eigenvalue weighted by Gasteiger charge is -1.99. The summed E-state index contributed by atoms with van der Waals surface area (Å²) in [6, 6.07) is 7.47. The van der Waals surface area contributed by atoms with Gasteiger partial charge in [0.15, 0.2) is 5.76 Å². The second-order valence-corrected chi connectivity index (χ2v) is 4.32. The van der Waals surface area contributed by atoms with E-state index in [4.69, 9.17) is 16.0 Å². The largest absolute Gasteiger partial charge is 0.452 e. The number of hydrogen-bond donors (Lipinski definition) is 0. The molecule has 0 N–H and O–H groups in total. The third-order valence-electron chi connectivity index (χ3n) is 2.00. The molecule has 2 rings (SSSR count). The van der Waals surface area contributed by atoms with Crippen molar-refractivity contribution in [1.29, 1.82) is 0 Å². The molecule has 1 aromatic heterocycles. The quantitative estimate of drug-likeness (QED) is 0.777. The zero-order chi connectivity index (χ0) is 11.7. The first-order valence-corrected chi connectivity index (χ1v) is 5.50. The number of halogens is 3. The van der Waals surface area contributed by atoms with Gasteiger partial charge >= 0.3 is 0 Å². The van der Waals surface area contributed by atoms with Crippen LogP contribution in [0, 0.1) is 5.82 Å². The van der Waals surface area contributed by atoms with E-state index in [1.807, 2.05) is 0 Å². The van der Waals surface area contributed by atoms with Crippen LogP contribution in [0.25, 0.3) is 11.3 Å². The Hall–Kier alpha value is -1.13. The first-order chi connectivity index (χ1) is 7.58. The molecule has 0 unspecified atom stereocenters. The minimum atomic E-state index is -0.705. The average Bonchev–Trinajstić information content (AvgIpc) is 2.66. The van der Waals surface area contributed by atoms with Crippen LogP contribution in [0.4, 0.5) is 4.39 Å². The van der Waals surface area contributed by atoms with Crippen molar-refractivity contribution in [1.82, 2.24) is 0 Å². The van der Waals surface area contributed by atoms with Crippen molar-refractivity contribution in [3.05, 3.63) is 46.4 Å². The molecule has 0 aliphatic rings. The molecule has 0 radical (unpaired) electrons. The van der Waals surface area contributed by atoms with Crippen molar-refractivity contribution in [2.24, 2.45) is 0 Å². The Morgan fingerprint density at radius 3 is 2.62 bits per heavy atom. The fourth-order valence-corrected chi connectivity index (χ4v) is 1.71. The van der Waals surface area contributed by atoms with Crippen molar-refractivity contribution >= 4 is 32.8 Å². The second-order valence-electron chi connectivity index (χ2n) is 3.06. The fourth-order valence-electron chi connectivity index (χ4n) is 1.28. The third kappa shape index (κ3) is 2.18. The number of furan rings is 1. The Kier molecular flexibility index (Phi) is 3.12. The van der Waals surface area contributed by atoms with Gasteiger partial charge in [0.1, 0.15) is 11.6 Å². The Bertz CT molecular complexity index is 551. The van der Waals surface area contributed by atoms with E-state index >= 15 is 0 Å². The normalized spacial score (nSPS) is 10.4. The maximum absolute atomic E-state index is 13.5. The van der Waals surface area contributed by atoms with Gasteiger partial charge < -0.3 is 4.42 Å². The highest BCUT2D eigenvalue weighted by Crippen LogP contribution is 2.27. The van der Waals surface area contributed by atoms with Gasteiger partial charge in [0.2, 0.25) is 0 Å². The standard InChI is InChI=1S/C11H5BrClFO2/c12-6-1-2-7(8(14)5-6)9-3-4-10(16-9)11(13)15/h1-5H. The van der Waals surface area contributed by atoms with Crippen LogP contribution in [0.15, 0.2) is 39.2 Å². The van der Waals surface area contributed by atoms with E-state index in [-0.39, 0.29) is 17.1 Å². The predicted octanol–water partition coefficient (Wildman–Crippen LogP) is 4.23. The Labute approximate surface area is 104 Å². The lowest BCUT2D eigenvalue weighted by molar-refractivity contribution is 0.105. The molecule has 0 fully saturated rings. The molecule has 2 nitrogen and oxygen atoms in total. The molecule has 0 saturated carbocycles. The van der Waals surface area contributed by atoms with E-state index in [0.29, 0.717) is 4.47 Å². The zero-order valence-corrected chi connectivity index (χ0v) is 10.2. The molecule has 0 bridgehead atoms. The van der Waals surface area contributed by atoms with E-state index < -0.39 is 11.1 Å². The van der Waals surface area contributed by atoms with E-state index in [2.05, 4.69) is 15.9 Å². The van der Waals surface area contributed by atoms with E-state index in [1.54, 1.807) is 12.1 Å². The minimum Gasteiger partial charge on any atom is -0.452 e. The number of carbonyl (C=O) groups excluding carboxylic acids is 1. The average molecular weight is 304 g/mol. The molecule has 0 saturated heterocycles. The highest BCUT2D eigenvalue weighted by atomic mass is 79.9. The van der Waals surface area contributed by atoms with Gasteiger partial charge in [-0.15, -0.1) is 0 Å². The van der Waals surface area contributed by atoms with Crippen LogP contribution < -0.4 is 0 Å². The smallest absolute Gasteiger partial charge is 0.287 e. The molecule has 16 heavy (non-hydrogen) atoms. The summed E-state index contributed by atoms with van der Waals surface area (Å²) in [5.41, 5.74) is 0.285. The van der Waals surface area contributed by atoms with Crippen molar-refractivity contribution in [3.63, 3.8) is 0 Å². The van der Waals surface area contributed by atoms with Gasteiger partial charge in [-0.3, -0.25) is 4.79 Å². The van der Waals surface area contributed by atoms with E-state index in [9.17, 15) is 9.18 Å². The molecular weight excluding hydrogens is 298 g/mol. The molecule has 1 aromatic carbocycles. The molecule has 0 spiro atoms. The van der Waals surface area contributed by atoms with Crippen molar-refractivity contribution in [3.8, 4) is 11.3 Å². The molecule has 0 amide bonds. The first-order valence-electron chi connectivity index (χ1n) is 4.33. The Morgan fingerprint density at radius 2 is 2.06 bits per heavy atom. The first kappa shape index (κ1) is 11.4. The lowest BCUT2D eigenvalue weighted by atomic mass is 10.1. The Balaban J connectivity index is 2.46. The lowest BCUT2D eigenvalue weighted by Crippen LogP contribution is -1.84. The van der Waals surface area contributed by atoms with Gasteiger partial charge in [0.05, 0.1) is 5.56 Å². The molecule has 1 heterocycles. The van der Waals surface area contributed by atoms with Crippen LogP contribution in [0.3, 0.4) is 0 Å². The maximum Gasteiger partial charge on any atom is 0.287 e. The molecule has 5 heteroatoms. The van der Waals surface area contributed by atoms with Crippen molar-refractivity contribution in [2.45, 2.75) is 0 Å². The van der Waals surface area contributed by atoms with Crippen molar-refractivity contribution < 1.29 is 13.6 Å². The molecular formula is C11H5BrClFO2. The summed E-state index contributed by atoms with van der Waals surface area (Å²) in [7, 11) is 0. The predicted molar refractivity (Wildman–Crippen MR) is 62.0 cm³/mol. The monoisotopic (exact) mass is 302 g/mol. The third-order valence-corrected chi connectivity index (χ3v) is 2.68. The van der Waals surface area contributed by atoms with Crippen LogP contribution in [0.1, 0.15) is 10.6 Å². The molecule has 2 aromatic rings. The molecule has 0 atom stereocenters. The molecule has 0 aliphatic carbocycles.